The molecule has 5 heteroatoms. The minimum Gasteiger partial charge on any atom is -0.372 e. The molecule has 5 nitrogen and oxygen atoms in total. The first-order valence-electron chi connectivity index (χ1n) is 8.45. The van der Waals surface area contributed by atoms with Gasteiger partial charge in [-0.25, -0.2) is 0 Å². The number of aromatic nitrogens is 2. The van der Waals surface area contributed by atoms with E-state index in [0.717, 1.165) is 43.7 Å². The first-order chi connectivity index (χ1) is 11.7. The van der Waals surface area contributed by atoms with Gasteiger partial charge in [0, 0.05) is 38.2 Å². The van der Waals surface area contributed by atoms with Crippen molar-refractivity contribution in [1.29, 1.82) is 5.26 Å². The molecule has 24 heavy (non-hydrogen) atoms. The molecule has 0 amide bonds. The van der Waals surface area contributed by atoms with E-state index in [9.17, 15) is 5.26 Å². The second kappa shape index (κ2) is 7.61. The van der Waals surface area contributed by atoms with Crippen LogP contribution in [0.25, 0.3) is 0 Å². The van der Waals surface area contributed by atoms with Gasteiger partial charge in [0.05, 0.1) is 12.7 Å². The molecule has 3 rings (SSSR count). The van der Waals surface area contributed by atoms with E-state index in [1.807, 2.05) is 36.0 Å². The molecule has 2 aromatic rings. The molecule has 0 aliphatic carbocycles. The van der Waals surface area contributed by atoms with Crippen molar-refractivity contribution in [2.45, 2.75) is 39.0 Å². The second-order valence-electron chi connectivity index (χ2n) is 6.48. The van der Waals surface area contributed by atoms with Gasteiger partial charge >= 0.3 is 0 Å². The van der Waals surface area contributed by atoms with E-state index in [2.05, 4.69) is 22.9 Å². The number of piperidine rings is 1. The van der Waals surface area contributed by atoms with Crippen LogP contribution in [0.4, 0.5) is 0 Å². The van der Waals surface area contributed by atoms with E-state index >= 15 is 0 Å². The Morgan fingerprint density at radius 2 is 2.33 bits per heavy atom. The molecular formula is C19H24N4O. The fraction of sp³-hybridized carbons (Fsp3) is 0.474. The molecule has 0 bridgehead atoms. The number of ether oxygens (including phenoxy) is 1. The van der Waals surface area contributed by atoms with Crippen LogP contribution in [0, 0.1) is 18.3 Å². The van der Waals surface area contributed by atoms with Crippen LogP contribution in [0.2, 0.25) is 0 Å². The van der Waals surface area contributed by atoms with E-state index < -0.39 is 0 Å². The summed E-state index contributed by atoms with van der Waals surface area (Å²) in [7, 11) is 1.95. The Kier molecular flexibility index (Phi) is 5.29. The predicted molar refractivity (Wildman–Crippen MR) is 92.2 cm³/mol. The van der Waals surface area contributed by atoms with E-state index in [-0.39, 0.29) is 6.10 Å². The Balaban J connectivity index is 1.57. The molecule has 0 spiro atoms. The Bertz CT molecular complexity index is 717. The molecule has 1 aliphatic rings. The van der Waals surface area contributed by atoms with Crippen LogP contribution < -0.4 is 0 Å². The van der Waals surface area contributed by atoms with E-state index in [1.165, 1.54) is 11.3 Å². The normalized spacial score (nSPS) is 18.5. The highest BCUT2D eigenvalue weighted by Crippen LogP contribution is 2.20. The lowest BCUT2D eigenvalue weighted by Gasteiger charge is -2.32. The van der Waals surface area contributed by atoms with Crippen LogP contribution >= 0.6 is 0 Å². The maximum atomic E-state index is 9.17. The minimum absolute atomic E-state index is 0.262. The first-order valence-corrected chi connectivity index (χ1v) is 8.45. The zero-order chi connectivity index (χ0) is 16.9. The van der Waals surface area contributed by atoms with Crippen molar-refractivity contribution in [3.05, 3.63) is 53.1 Å². The van der Waals surface area contributed by atoms with Crippen molar-refractivity contribution in [3.8, 4) is 6.07 Å². The summed E-state index contributed by atoms with van der Waals surface area (Å²) < 4.78 is 8.05. The SMILES string of the molecule is Cc1c(CN2CCC[C@H](OCc3cccnc3)C2)cc(C#N)n1C. The minimum atomic E-state index is 0.262. The molecular weight excluding hydrogens is 300 g/mol. The first kappa shape index (κ1) is 16.7. The van der Waals surface area contributed by atoms with E-state index in [1.54, 1.807) is 6.20 Å². The fourth-order valence-electron chi connectivity index (χ4n) is 3.26. The fourth-order valence-corrected chi connectivity index (χ4v) is 3.26. The summed E-state index contributed by atoms with van der Waals surface area (Å²) in [5, 5.41) is 9.17. The van der Waals surface area contributed by atoms with Crippen LogP contribution in [0.5, 0.6) is 0 Å². The Morgan fingerprint density at radius 1 is 1.46 bits per heavy atom. The smallest absolute Gasteiger partial charge is 0.120 e. The molecule has 0 radical (unpaired) electrons. The topological polar surface area (TPSA) is 54.1 Å². The van der Waals surface area contributed by atoms with Crippen molar-refractivity contribution in [2.24, 2.45) is 7.05 Å². The van der Waals surface area contributed by atoms with Gasteiger partial charge in [-0.3, -0.25) is 9.88 Å². The molecule has 1 fully saturated rings. The van der Waals surface area contributed by atoms with Crippen LogP contribution in [0.3, 0.4) is 0 Å². The monoisotopic (exact) mass is 324 g/mol. The highest BCUT2D eigenvalue weighted by atomic mass is 16.5. The van der Waals surface area contributed by atoms with Crippen molar-refractivity contribution < 1.29 is 4.74 Å². The molecule has 2 aromatic heterocycles. The molecule has 0 unspecified atom stereocenters. The average Bonchev–Trinajstić information content (AvgIpc) is 2.89. The molecule has 1 saturated heterocycles. The van der Waals surface area contributed by atoms with Crippen LogP contribution in [0.15, 0.2) is 30.6 Å². The van der Waals surface area contributed by atoms with Gasteiger partial charge in [0.15, 0.2) is 0 Å². The maximum Gasteiger partial charge on any atom is 0.120 e. The molecule has 1 atom stereocenters. The van der Waals surface area contributed by atoms with Gasteiger partial charge in [-0.2, -0.15) is 5.26 Å². The van der Waals surface area contributed by atoms with Gasteiger partial charge in [0.2, 0.25) is 0 Å². The summed E-state index contributed by atoms with van der Waals surface area (Å²) in [5.74, 6) is 0. The summed E-state index contributed by atoms with van der Waals surface area (Å²) in [5.41, 5.74) is 4.25. The molecule has 3 heterocycles. The average molecular weight is 324 g/mol. The highest BCUT2D eigenvalue weighted by Gasteiger charge is 2.22. The quantitative estimate of drug-likeness (QED) is 0.848. The Labute approximate surface area is 143 Å². The van der Waals surface area contributed by atoms with E-state index in [4.69, 9.17) is 4.74 Å². The lowest BCUT2D eigenvalue weighted by atomic mass is 10.1. The molecule has 126 valence electrons. The van der Waals surface area contributed by atoms with Crippen molar-refractivity contribution in [3.63, 3.8) is 0 Å². The zero-order valence-electron chi connectivity index (χ0n) is 14.4. The second-order valence-corrected chi connectivity index (χ2v) is 6.48. The Morgan fingerprint density at radius 3 is 3.04 bits per heavy atom. The lowest BCUT2D eigenvalue weighted by molar-refractivity contribution is -0.0121. The largest absolute Gasteiger partial charge is 0.372 e. The molecule has 0 saturated carbocycles. The number of rotatable bonds is 5. The number of hydrogen-bond donors (Lipinski definition) is 0. The third-order valence-corrected chi connectivity index (χ3v) is 4.82. The van der Waals surface area contributed by atoms with Gasteiger partial charge in [0.1, 0.15) is 11.8 Å². The number of pyridine rings is 1. The van der Waals surface area contributed by atoms with Gasteiger partial charge < -0.3 is 9.30 Å². The maximum absolute atomic E-state index is 9.17. The number of likely N-dealkylation sites (tertiary alicyclic amines) is 1. The van der Waals surface area contributed by atoms with Crippen molar-refractivity contribution in [1.82, 2.24) is 14.5 Å². The van der Waals surface area contributed by atoms with Crippen molar-refractivity contribution in [2.75, 3.05) is 13.1 Å². The van der Waals surface area contributed by atoms with Gasteiger partial charge in [-0.15, -0.1) is 0 Å². The summed E-state index contributed by atoms with van der Waals surface area (Å²) in [4.78, 5) is 6.56. The predicted octanol–water partition coefficient (Wildman–Crippen LogP) is 2.78. The van der Waals surface area contributed by atoms with E-state index in [0.29, 0.717) is 6.61 Å². The summed E-state index contributed by atoms with van der Waals surface area (Å²) in [6, 6.07) is 8.25. The highest BCUT2D eigenvalue weighted by molar-refractivity contribution is 5.34. The van der Waals surface area contributed by atoms with Crippen LogP contribution in [0.1, 0.15) is 35.4 Å². The number of hydrogen-bond acceptors (Lipinski definition) is 4. The summed E-state index contributed by atoms with van der Waals surface area (Å²) in [6.45, 7) is 5.61. The molecule has 0 aromatic carbocycles. The third-order valence-electron chi connectivity index (χ3n) is 4.82. The number of nitriles is 1. The zero-order valence-corrected chi connectivity index (χ0v) is 14.4. The van der Waals surface area contributed by atoms with Crippen LogP contribution in [-0.2, 0) is 24.9 Å². The standard InChI is InChI=1S/C19H24N4O/c1-15-17(9-18(10-20)22(15)2)12-23-8-4-6-19(13-23)24-14-16-5-3-7-21-11-16/h3,5,7,9,11,19H,4,6,8,12-14H2,1-2H3/t19-/m0/s1. The number of nitrogens with zero attached hydrogens (tertiary/aromatic N) is 4. The van der Waals surface area contributed by atoms with Gasteiger partial charge in [0.25, 0.3) is 0 Å². The molecule has 0 N–H and O–H groups in total. The summed E-state index contributed by atoms with van der Waals surface area (Å²) >= 11 is 0. The molecule has 1 aliphatic heterocycles. The lowest BCUT2D eigenvalue weighted by Crippen LogP contribution is -2.39. The van der Waals surface area contributed by atoms with Crippen LogP contribution in [-0.4, -0.2) is 33.6 Å². The third kappa shape index (κ3) is 3.84. The van der Waals surface area contributed by atoms with Crippen molar-refractivity contribution >= 4 is 0 Å². The Hall–Kier alpha value is -2.16. The van der Waals surface area contributed by atoms with Gasteiger partial charge in [-0.05, 0) is 49.6 Å². The van der Waals surface area contributed by atoms with Gasteiger partial charge in [-0.1, -0.05) is 6.07 Å². The summed E-state index contributed by atoms with van der Waals surface area (Å²) in [6.07, 6.45) is 6.15.